The number of benzene rings is 1. The summed E-state index contributed by atoms with van der Waals surface area (Å²) in [6.07, 6.45) is 0.583. The van der Waals surface area contributed by atoms with Gasteiger partial charge in [-0.1, -0.05) is 12.1 Å². The number of aliphatic hydroxyl groups is 1. The van der Waals surface area contributed by atoms with Crippen LogP contribution in [0.4, 0.5) is 0 Å². The zero-order chi connectivity index (χ0) is 14.5. The van der Waals surface area contributed by atoms with Gasteiger partial charge in [0, 0.05) is 11.6 Å². The van der Waals surface area contributed by atoms with E-state index in [9.17, 15) is 5.11 Å². The maximum atomic E-state index is 9.96. The molecule has 2 N–H and O–H groups in total. The average Bonchev–Trinajstić information content (AvgIpc) is 2.44. The van der Waals surface area contributed by atoms with Crippen LogP contribution >= 0.6 is 0 Å². The summed E-state index contributed by atoms with van der Waals surface area (Å²) in [7, 11) is 1.56. The van der Waals surface area contributed by atoms with Crippen molar-refractivity contribution < 1.29 is 19.8 Å². The first-order valence-electron chi connectivity index (χ1n) is 6.15. The van der Waals surface area contributed by atoms with Gasteiger partial charge in [-0.05, 0) is 32.4 Å². The van der Waals surface area contributed by atoms with Gasteiger partial charge in [0.15, 0.2) is 0 Å². The van der Waals surface area contributed by atoms with Crippen LogP contribution in [0.3, 0.4) is 0 Å². The lowest BCUT2D eigenvalue weighted by Gasteiger charge is -2.22. The molecule has 0 saturated carbocycles. The Labute approximate surface area is 113 Å². The van der Waals surface area contributed by atoms with Gasteiger partial charge in [-0.25, -0.2) is 0 Å². The van der Waals surface area contributed by atoms with Crippen LogP contribution in [0.2, 0.25) is 0 Å². The van der Waals surface area contributed by atoms with Crippen molar-refractivity contribution in [1.29, 1.82) is 0 Å². The molecule has 0 heterocycles. The van der Waals surface area contributed by atoms with Crippen LogP contribution in [-0.2, 0) is 0 Å². The third-order valence-corrected chi connectivity index (χ3v) is 3.03. The Morgan fingerprint density at radius 1 is 1.42 bits per heavy atom. The number of nitrogens with zero attached hydrogens (tertiary/aromatic N) is 1. The summed E-state index contributed by atoms with van der Waals surface area (Å²) < 4.78 is 10.8. The first-order valence-corrected chi connectivity index (χ1v) is 6.15. The minimum Gasteiger partial charge on any atom is -0.497 e. The van der Waals surface area contributed by atoms with Gasteiger partial charge < -0.3 is 19.8 Å². The van der Waals surface area contributed by atoms with Crippen molar-refractivity contribution in [2.45, 2.75) is 32.8 Å². The molecule has 0 aromatic heterocycles. The minimum atomic E-state index is -0.898. The molecule has 5 heteroatoms. The molecule has 1 aromatic carbocycles. The molecule has 0 radical (unpaired) electrons. The highest BCUT2D eigenvalue weighted by atomic mass is 16.5. The number of ether oxygens (including phenoxy) is 2. The molecule has 1 rings (SSSR count). The molecule has 1 unspecified atom stereocenters. The molecule has 0 bridgehead atoms. The zero-order valence-electron chi connectivity index (χ0n) is 11.8. The molecule has 0 aliphatic rings. The van der Waals surface area contributed by atoms with E-state index >= 15 is 0 Å². The second-order valence-electron chi connectivity index (χ2n) is 4.69. The highest BCUT2D eigenvalue weighted by Gasteiger charge is 2.20. The second kappa shape index (κ2) is 6.43. The fourth-order valence-electron chi connectivity index (χ4n) is 1.44. The molecule has 106 valence electrons. The summed E-state index contributed by atoms with van der Waals surface area (Å²) >= 11 is 0. The fourth-order valence-corrected chi connectivity index (χ4v) is 1.44. The van der Waals surface area contributed by atoms with Gasteiger partial charge >= 0.3 is 0 Å². The summed E-state index contributed by atoms with van der Waals surface area (Å²) in [5, 5.41) is 22.0. The van der Waals surface area contributed by atoms with Gasteiger partial charge in [0.05, 0.1) is 18.4 Å². The second-order valence-corrected chi connectivity index (χ2v) is 4.69. The van der Waals surface area contributed by atoms with Crippen molar-refractivity contribution >= 4 is 5.71 Å². The lowest BCUT2D eigenvalue weighted by molar-refractivity contribution is 0.00835. The van der Waals surface area contributed by atoms with Crippen LogP contribution in [-0.4, -0.2) is 35.3 Å². The van der Waals surface area contributed by atoms with Crippen molar-refractivity contribution in [1.82, 2.24) is 0 Å². The SMILES string of the molecule is CCC(C)(O)COc1cc(OC)ccc1/C(C)=N/O. The van der Waals surface area contributed by atoms with Crippen LogP contribution in [0.15, 0.2) is 23.4 Å². The standard InChI is InChI=1S/C14H21NO4/c1-5-14(3,16)9-19-13-8-11(18-4)6-7-12(13)10(2)15-17/h6-8,16-17H,5,9H2,1-4H3/b15-10+. The summed E-state index contributed by atoms with van der Waals surface area (Å²) in [4.78, 5) is 0. The Morgan fingerprint density at radius 2 is 2.11 bits per heavy atom. The van der Waals surface area contributed by atoms with Crippen molar-refractivity contribution in [2.75, 3.05) is 13.7 Å². The summed E-state index contributed by atoms with van der Waals surface area (Å²) in [6, 6.07) is 5.22. The Hall–Kier alpha value is -1.75. The molecule has 0 aliphatic carbocycles. The van der Waals surface area contributed by atoms with Crippen LogP contribution < -0.4 is 9.47 Å². The summed E-state index contributed by atoms with van der Waals surface area (Å²) in [5.41, 5.74) is 0.203. The quantitative estimate of drug-likeness (QED) is 0.472. The maximum Gasteiger partial charge on any atom is 0.132 e. The number of oxime groups is 1. The van der Waals surface area contributed by atoms with E-state index in [1.54, 1.807) is 39.2 Å². The number of hydrogen-bond donors (Lipinski definition) is 2. The Kier molecular flexibility index (Phi) is 5.18. The van der Waals surface area contributed by atoms with Crippen LogP contribution in [0, 0.1) is 0 Å². The van der Waals surface area contributed by atoms with Crippen LogP contribution in [0.25, 0.3) is 0 Å². The van der Waals surface area contributed by atoms with Gasteiger partial charge in [0.1, 0.15) is 18.1 Å². The molecule has 1 atom stereocenters. The predicted molar refractivity (Wildman–Crippen MR) is 73.4 cm³/mol. The fraction of sp³-hybridized carbons (Fsp3) is 0.500. The smallest absolute Gasteiger partial charge is 0.132 e. The highest BCUT2D eigenvalue weighted by Crippen LogP contribution is 2.26. The van der Waals surface area contributed by atoms with E-state index in [4.69, 9.17) is 14.7 Å². The summed E-state index contributed by atoms with van der Waals surface area (Å²) in [5.74, 6) is 1.16. The van der Waals surface area contributed by atoms with Gasteiger partial charge in [0.25, 0.3) is 0 Å². The van der Waals surface area contributed by atoms with E-state index in [-0.39, 0.29) is 6.61 Å². The van der Waals surface area contributed by atoms with Crippen molar-refractivity contribution in [2.24, 2.45) is 5.16 Å². The highest BCUT2D eigenvalue weighted by molar-refractivity contribution is 6.00. The summed E-state index contributed by atoms with van der Waals surface area (Å²) in [6.45, 7) is 5.42. The monoisotopic (exact) mass is 267 g/mol. The molecular formula is C14H21NO4. The van der Waals surface area contributed by atoms with Crippen LogP contribution in [0.5, 0.6) is 11.5 Å². The number of hydrogen-bond acceptors (Lipinski definition) is 5. The molecule has 0 spiro atoms. The van der Waals surface area contributed by atoms with Crippen molar-refractivity contribution in [3.05, 3.63) is 23.8 Å². The molecule has 19 heavy (non-hydrogen) atoms. The van der Waals surface area contributed by atoms with Crippen LogP contribution in [0.1, 0.15) is 32.8 Å². The third kappa shape index (κ3) is 4.13. The van der Waals surface area contributed by atoms with E-state index < -0.39 is 5.60 Å². The van der Waals surface area contributed by atoms with Gasteiger partial charge in [-0.15, -0.1) is 0 Å². The largest absolute Gasteiger partial charge is 0.497 e. The van der Waals surface area contributed by atoms with E-state index in [0.29, 0.717) is 29.2 Å². The Morgan fingerprint density at radius 3 is 2.63 bits per heavy atom. The topological polar surface area (TPSA) is 71.3 Å². The molecule has 1 aromatic rings. The first kappa shape index (κ1) is 15.3. The Balaban J connectivity index is 3.02. The molecule has 0 fully saturated rings. The van der Waals surface area contributed by atoms with E-state index in [0.717, 1.165) is 0 Å². The molecular weight excluding hydrogens is 246 g/mol. The number of rotatable bonds is 6. The predicted octanol–water partition coefficient (Wildman–Crippen LogP) is 2.43. The molecule has 0 saturated heterocycles. The lowest BCUT2D eigenvalue weighted by Crippen LogP contribution is -2.31. The van der Waals surface area contributed by atoms with Gasteiger partial charge in [-0.3, -0.25) is 0 Å². The van der Waals surface area contributed by atoms with Crippen molar-refractivity contribution in [3.8, 4) is 11.5 Å². The Bertz CT molecular complexity index is 455. The average molecular weight is 267 g/mol. The molecule has 5 nitrogen and oxygen atoms in total. The number of methoxy groups -OCH3 is 1. The van der Waals surface area contributed by atoms with Gasteiger partial charge in [-0.2, -0.15) is 0 Å². The first-order chi connectivity index (χ1) is 8.93. The normalized spacial score (nSPS) is 14.9. The lowest BCUT2D eigenvalue weighted by atomic mass is 10.1. The van der Waals surface area contributed by atoms with E-state index in [1.807, 2.05) is 6.92 Å². The van der Waals surface area contributed by atoms with E-state index in [1.165, 1.54) is 0 Å². The van der Waals surface area contributed by atoms with E-state index in [2.05, 4.69) is 5.16 Å². The van der Waals surface area contributed by atoms with Gasteiger partial charge in [0.2, 0.25) is 0 Å². The molecule has 0 aliphatic heterocycles. The molecule has 0 amide bonds. The zero-order valence-corrected chi connectivity index (χ0v) is 11.8. The van der Waals surface area contributed by atoms with Crippen molar-refractivity contribution in [3.63, 3.8) is 0 Å². The third-order valence-electron chi connectivity index (χ3n) is 3.03. The maximum absolute atomic E-state index is 9.96. The minimum absolute atomic E-state index is 0.155.